The predicted octanol–water partition coefficient (Wildman–Crippen LogP) is 0.504. The first-order valence-electron chi connectivity index (χ1n) is 5.07. The van der Waals surface area contributed by atoms with Crippen LogP contribution in [0.25, 0.3) is 0 Å². The van der Waals surface area contributed by atoms with Gasteiger partial charge in [-0.2, -0.15) is 5.10 Å². The maximum Gasteiger partial charge on any atom is 0.253 e. The van der Waals surface area contributed by atoms with Gasteiger partial charge < -0.3 is 16.8 Å². The maximum absolute atomic E-state index is 11.8. The Labute approximate surface area is 98.0 Å². The molecule has 1 heterocycles. The van der Waals surface area contributed by atoms with Gasteiger partial charge in [-0.05, 0) is 18.2 Å². The van der Waals surface area contributed by atoms with Gasteiger partial charge in [-0.1, -0.05) is 0 Å². The molecule has 0 aliphatic carbocycles. The van der Waals surface area contributed by atoms with Crippen molar-refractivity contribution in [3.05, 3.63) is 41.7 Å². The zero-order chi connectivity index (χ0) is 12.3. The highest BCUT2D eigenvalue weighted by atomic mass is 16.1. The van der Waals surface area contributed by atoms with Crippen LogP contribution in [0, 0.1) is 0 Å². The number of aromatic amines is 1. The second kappa shape index (κ2) is 4.56. The smallest absolute Gasteiger partial charge is 0.253 e. The number of anilines is 2. The summed E-state index contributed by atoms with van der Waals surface area (Å²) in [5.41, 5.74) is 13.5. The van der Waals surface area contributed by atoms with Crippen molar-refractivity contribution in [3.8, 4) is 0 Å². The third-order valence-corrected chi connectivity index (χ3v) is 2.33. The molecule has 0 unspecified atom stereocenters. The third kappa shape index (κ3) is 2.54. The van der Waals surface area contributed by atoms with Crippen LogP contribution in [-0.4, -0.2) is 16.1 Å². The molecule has 6 N–H and O–H groups in total. The number of H-pyrrole nitrogens is 1. The molecule has 1 aromatic carbocycles. The molecule has 0 spiro atoms. The number of nitrogens with one attached hydrogen (secondary N) is 2. The Bertz CT molecular complexity index is 521. The number of carbonyl (C=O) groups is 1. The average molecular weight is 231 g/mol. The zero-order valence-electron chi connectivity index (χ0n) is 9.10. The van der Waals surface area contributed by atoms with E-state index in [4.69, 9.17) is 11.5 Å². The van der Waals surface area contributed by atoms with E-state index in [0.29, 0.717) is 23.5 Å². The van der Waals surface area contributed by atoms with Gasteiger partial charge in [0.05, 0.1) is 11.8 Å². The maximum atomic E-state index is 11.8. The van der Waals surface area contributed by atoms with E-state index >= 15 is 0 Å². The van der Waals surface area contributed by atoms with Crippen molar-refractivity contribution in [1.29, 1.82) is 0 Å². The van der Waals surface area contributed by atoms with Crippen LogP contribution in [0.2, 0.25) is 0 Å². The zero-order valence-corrected chi connectivity index (χ0v) is 9.10. The van der Waals surface area contributed by atoms with Gasteiger partial charge in [0, 0.05) is 29.7 Å². The molecule has 0 saturated carbocycles. The highest BCUT2D eigenvalue weighted by Crippen LogP contribution is 2.15. The highest BCUT2D eigenvalue weighted by molar-refractivity contribution is 5.99. The minimum Gasteiger partial charge on any atom is -0.399 e. The molecule has 17 heavy (non-hydrogen) atoms. The van der Waals surface area contributed by atoms with Gasteiger partial charge in [0.15, 0.2) is 0 Å². The van der Waals surface area contributed by atoms with Gasteiger partial charge in [-0.25, -0.2) is 0 Å². The summed E-state index contributed by atoms with van der Waals surface area (Å²) in [4.78, 5) is 11.8. The van der Waals surface area contributed by atoms with Crippen LogP contribution in [-0.2, 0) is 6.54 Å². The minimum absolute atomic E-state index is 0.233. The number of hydrogen-bond donors (Lipinski definition) is 4. The SMILES string of the molecule is Nc1ccc(C(=O)NCc2cn[nH]c2)c(N)c1. The monoisotopic (exact) mass is 231 g/mol. The number of nitrogen functional groups attached to an aromatic ring is 2. The van der Waals surface area contributed by atoms with Crippen molar-refractivity contribution < 1.29 is 4.79 Å². The summed E-state index contributed by atoms with van der Waals surface area (Å²) in [5, 5.41) is 9.20. The molecule has 88 valence electrons. The average Bonchev–Trinajstić information content (AvgIpc) is 2.78. The summed E-state index contributed by atoms with van der Waals surface area (Å²) < 4.78 is 0. The Hall–Kier alpha value is -2.50. The van der Waals surface area contributed by atoms with Crippen molar-refractivity contribution in [3.63, 3.8) is 0 Å². The van der Waals surface area contributed by atoms with E-state index in [2.05, 4.69) is 15.5 Å². The van der Waals surface area contributed by atoms with Crippen LogP contribution in [0.1, 0.15) is 15.9 Å². The number of amides is 1. The molecule has 0 aliphatic heterocycles. The molecule has 6 nitrogen and oxygen atoms in total. The summed E-state index contributed by atoms with van der Waals surface area (Å²) in [5.74, 6) is -0.233. The number of nitrogens with two attached hydrogens (primary N) is 2. The lowest BCUT2D eigenvalue weighted by Crippen LogP contribution is -2.23. The number of nitrogens with zero attached hydrogens (tertiary/aromatic N) is 1. The summed E-state index contributed by atoms with van der Waals surface area (Å²) in [6.07, 6.45) is 3.36. The number of hydrogen-bond acceptors (Lipinski definition) is 4. The number of rotatable bonds is 3. The molecule has 2 rings (SSSR count). The molecule has 1 aromatic heterocycles. The normalized spacial score (nSPS) is 10.1. The van der Waals surface area contributed by atoms with E-state index in [-0.39, 0.29) is 5.91 Å². The first-order valence-corrected chi connectivity index (χ1v) is 5.07. The van der Waals surface area contributed by atoms with Gasteiger partial charge in [0.1, 0.15) is 0 Å². The van der Waals surface area contributed by atoms with E-state index in [9.17, 15) is 4.79 Å². The van der Waals surface area contributed by atoms with Gasteiger partial charge in [0.25, 0.3) is 5.91 Å². The van der Waals surface area contributed by atoms with Gasteiger partial charge >= 0.3 is 0 Å². The molecular weight excluding hydrogens is 218 g/mol. The van der Waals surface area contributed by atoms with Crippen LogP contribution < -0.4 is 16.8 Å². The van der Waals surface area contributed by atoms with Gasteiger partial charge in [0.2, 0.25) is 0 Å². The summed E-state index contributed by atoms with van der Waals surface area (Å²) >= 11 is 0. The molecule has 0 fully saturated rings. The summed E-state index contributed by atoms with van der Waals surface area (Å²) in [6.45, 7) is 0.402. The van der Waals surface area contributed by atoms with E-state index in [1.165, 1.54) is 0 Å². The molecule has 0 radical (unpaired) electrons. The van der Waals surface area contributed by atoms with Crippen LogP contribution in [0.4, 0.5) is 11.4 Å². The lowest BCUT2D eigenvalue weighted by atomic mass is 10.1. The van der Waals surface area contributed by atoms with Gasteiger partial charge in [-0.15, -0.1) is 0 Å². The van der Waals surface area contributed by atoms with E-state index in [1.54, 1.807) is 30.6 Å². The van der Waals surface area contributed by atoms with Crippen LogP contribution >= 0.6 is 0 Å². The fraction of sp³-hybridized carbons (Fsp3) is 0.0909. The summed E-state index contributed by atoms with van der Waals surface area (Å²) in [7, 11) is 0. The second-order valence-electron chi connectivity index (χ2n) is 3.64. The van der Waals surface area contributed by atoms with Crippen molar-refractivity contribution in [2.75, 3.05) is 11.5 Å². The van der Waals surface area contributed by atoms with E-state index in [0.717, 1.165) is 5.56 Å². The first-order chi connectivity index (χ1) is 8.16. The van der Waals surface area contributed by atoms with E-state index in [1.807, 2.05) is 0 Å². The van der Waals surface area contributed by atoms with Crippen molar-refractivity contribution in [2.24, 2.45) is 0 Å². The Morgan fingerprint density at radius 1 is 1.41 bits per heavy atom. The Morgan fingerprint density at radius 3 is 2.88 bits per heavy atom. The first kappa shape index (κ1) is 11.0. The quantitative estimate of drug-likeness (QED) is 0.576. The Morgan fingerprint density at radius 2 is 2.24 bits per heavy atom. The molecule has 1 amide bonds. The van der Waals surface area contributed by atoms with Crippen LogP contribution in [0.15, 0.2) is 30.6 Å². The van der Waals surface area contributed by atoms with Crippen LogP contribution in [0.5, 0.6) is 0 Å². The Kier molecular flexibility index (Phi) is 2.95. The highest BCUT2D eigenvalue weighted by Gasteiger charge is 2.09. The summed E-state index contributed by atoms with van der Waals surface area (Å²) in [6, 6.07) is 4.81. The predicted molar refractivity (Wildman–Crippen MR) is 65.0 cm³/mol. The molecule has 0 aliphatic rings. The van der Waals surface area contributed by atoms with Gasteiger partial charge in [-0.3, -0.25) is 9.89 Å². The lowest BCUT2D eigenvalue weighted by molar-refractivity contribution is 0.0952. The second-order valence-corrected chi connectivity index (χ2v) is 3.64. The number of carbonyl (C=O) groups excluding carboxylic acids is 1. The minimum atomic E-state index is -0.233. The van der Waals surface area contributed by atoms with Crippen LogP contribution in [0.3, 0.4) is 0 Å². The molecule has 2 aromatic rings. The van der Waals surface area contributed by atoms with Crippen molar-refractivity contribution in [1.82, 2.24) is 15.5 Å². The molecule has 0 bridgehead atoms. The molecular formula is C11H13N5O. The molecule has 6 heteroatoms. The fourth-order valence-corrected chi connectivity index (χ4v) is 1.44. The standard InChI is InChI=1S/C11H13N5O/c12-8-1-2-9(10(13)3-8)11(17)14-4-7-5-15-16-6-7/h1-3,5-6H,4,12-13H2,(H,14,17)(H,15,16). The third-order valence-electron chi connectivity index (χ3n) is 2.33. The van der Waals surface area contributed by atoms with E-state index < -0.39 is 0 Å². The fourth-order valence-electron chi connectivity index (χ4n) is 1.44. The Balaban J connectivity index is 2.04. The molecule has 0 saturated heterocycles. The van der Waals surface area contributed by atoms with Crippen molar-refractivity contribution >= 4 is 17.3 Å². The topological polar surface area (TPSA) is 110 Å². The largest absolute Gasteiger partial charge is 0.399 e. The molecule has 0 atom stereocenters. The van der Waals surface area contributed by atoms with Crippen molar-refractivity contribution in [2.45, 2.75) is 6.54 Å². The lowest BCUT2D eigenvalue weighted by Gasteiger charge is -2.07. The number of benzene rings is 1. The number of aromatic nitrogens is 2.